The summed E-state index contributed by atoms with van der Waals surface area (Å²) >= 11 is 0. The van der Waals surface area contributed by atoms with Gasteiger partial charge in [0.25, 0.3) is 0 Å². The summed E-state index contributed by atoms with van der Waals surface area (Å²) in [4.78, 5) is 36.8. The highest BCUT2D eigenvalue weighted by molar-refractivity contribution is 6.10. The fraction of sp³-hybridized carbons (Fsp3) is 0.800. The van der Waals surface area contributed by atoms with Crippen LogP contribution >= 0.6 is 0 Å². The standard InChI is InChI=1S/C15H24N2O4/c1-14(2)9-10(14)12(19)17(11(9)18)8-6-5-7-15(3,16-4)13(20)21/h9-10,16H,5-8H2,1-4H3,(H,20,21). The molecule has 6 nitrogen and oxygen atoms in total. The van der Waals surface area contributed by atoms with Gasteiger partial charge in [-0.25, -0.2) is 0 Å². The van der Waals surface area contributed by atoms with E-state index < -0.39 is 11.5 Å². The SMILES string of the molecule is CNC(C)(CCCCN1C(=O)C2C(C1=O)C2(C)C)C(=O)O. The number of hydrogen-bond donors (Lipinski definition) is 2. The minimum absolute atomic E-state index is 0.0513. The maximum absolute atomic E-state index is 12.1. The molecule has 0 radical (unpaired) electrons. The zero-order valence-electron chi connectivity index (χ0n) is 13.1. The third kappa shape index (κ3) is 2.46. The summed E-state index contributed by atoms with van der Waals surface area (Å²) in [5.41, 5.74) is -1.12. The van der Waals surface area contributed by atoms with Gasteiger partial charge in [-0.1, -0.05) is 13.8 Å². The van der Waals surface area contributed by atoms with Crippen molar-refractivity contribution in [1.29, 1.82) is 0 Å². The van der Waals surface area contributed by atoms with E-state index in [9.17, 15) is 14.4 Å². The smallest absolute Gasteiger partial charge is 0.323 e. The molecule has 0 spiro atoms. The van der Waals surface area contributed by atoms with E-state index in [4.69, 9.17) is 5.11 Å². The van der Waals surface area contributed by atoms with Gasteiger partial charge < -0.3 is 10.4 Å². The third-order valence-electron chi connectivity index (χ3n) is 5.22. The topological polar surface area (TPSA) is 86.7 Å². The molecule has 2 amide bonds. The van der Waals surface area contributed by atoms with Crippen LogP contribution < -0.4 is 5.32 Å². The highest BCUT2D eigenvalue weighted by Gasteiger charge is 2.72. The summed E-state index contributed by atoms with van der Waals surface area (Å²) in [7, 11) is 1.62. The summed E-state index contributed by atoms with van der Waals surface area (Å²) in [6.45, 7) is 5.96. The number of rotatable bonds is 7. The number of carboxylic acid groups (broad SMARTS) is 1. The molecule has 3 unspecified atom stereocenters. The number of amides is 2. The molecule has 0 bridgehead atoms. The highest BCUT2D eigenvalue weighted by Crippen LogP contribution is 2.63. The van der Waals surface area contributed by atoms with Crippen molar-refractivity contribution in [2.75, 3.05) is 13.6 Å². The Balaban J connectivity index is 1.80. The lowest BCUT2D eigenvalue weighted by Crippen LogP contribution is -2.47. The Morgan fingerprint density at radius 2 is 1.81 bits per heavy atom. The van der Waals surface area contributed by atoms with Crippen molar-refractivity contribution in [1.82, 2.24) is 10.2 Å². The highest BCUT2D eigenvalue weighted by atomic mass is 16.4. The van der Waals surface area contributed by atoms with Crippen LogP contribution in [0, 0.1) is 17.3 Å². The van der Waals surface area contributed by atoms with Gasteiger partial charge in [-0.3, -0.25) is 19.3 Å². The molecule has 1 aliphatic carbocycles. The number of likely N-dealkylation sites (tertiary alicyclic amines) is 1. The van der Waals surface area contributed by atoms with E-state index in [1.807, 2.05) is 13.8 Å². The van der Waals surface area contributed by atoms with E-state index in [1.54, 1.807) is 14.0 Å². The molecule has 1 saturated heterocycles. The second-order valence-electron chi connectivity index (χ2n) is 6.95. The summed E-state index contributed by atoms with van der Waals surface area (Å²) in [6, 6.07) is 0. The number of piperidine rings is 1. The number of nitrogens with zero attached hydrogens (tertiary/aromatic N) is 1. The summed E-state index contributed by atoms with van der Waals surface area (Å²) in [5, 5.41) is 11.9. The quantitative estimate of drug-likeness (QED) is 0.537. The number of fused-ring (bicyclic) bond motifs is 1. The Morgan fingerprint density at radius 1 is 1.29 bits per heavy atom. The van der Waals surface area contributed by atoms with E-state index in [0.29, 0.717) is 25.8 Å². The van der Waals surface area contributed by atoms with Crippen LogP contribution in [0.4, 0.5) is 0 Å². The Bertz CT molecular complexity index is 464. The first-order valence-electron chi connectivity index (χ1n) is 7.44. The van der Waals surface area contributed by atoms with Gasteiger partial charge in [-0.05, 0) is 38.6 Å². The summed E-state index contributed by atoms with van der Waals surface area (Å²) in [5.74, 6) is -1.26. The van der Waals surface area contributed by atoms with Crippen LogP contribution in [0.1, 0.15) is 40.0 Å². The Kier molecular flexibility index (Phi) is 3.86. The van der Waals surface area contributed by atoms with E-state index in [1.165, 1.54) is 4.90 Å². The Morgan fingerprint density at radius 3 is 2.24 bits per heavy atom. The van der Waals surface area contributed by atoms with Crippen LogP contribution in [0.2, 0.25) is 0 Å². The second kappa shape index (κ2) is 5.09. The first-order chi connectivity index (χ1) is 9.66. The lowest BCUT2D eigenvalue weighted by Gasteiger charge is -2.25. The maximum atomic E-state index is 12.1. The van der Waals surface area contributed by atoms with Crippen molar-refractivity contribution >= 4 is 17.8 Å². The van der Waals surface area contributed by atoms with E-state index in [0.717, 1.165) is 0 Å². The molecule has 2 aliphatic rings. The molecule has 2 rings (SSSR count). The van der Waals surface area contributed by atoms with Crippen LogP contribution in [-0.2, 0) is 14.4 Å². The Hall–Kier alpha value is -1.43. The van der Waals surface area contributed by atoms with Crippen molar-refractivity contribution in [2.24, 2.45) is 17.3 Å². The number of carbonyl (C=O) groups excluding carboxylic acids is 2. The van der Waals surface area contributed by atoms with Crippen LogP contribution in [0.15, 0.2) is 0 Å². The first-order valence-corrected chi connectivity index (χ1v) is 7.44. The van der Waals surface area contributed by atoms with Gasteiger partial charge in [0.15, 0.2) is 0 Å². The van der Waals surface area contributed by atoms with Crippen LogP contribution in [0.25, 0.3) is 0 Å². The van der Waals surface area contributed by atoms with Crippen LogP contribution in [-0.4, -0.2) is 46.9 Å². The molecule has 1 heterocycles. The zero-order chi connectivity index (χ0) is 16.0. The minimum Gasteiger partial charge on any atom is -0.480 e. The monoisotopic (exact) mass is 296 g/mol. The van der Waals surface area contributed by atoms with Gasteiger partial charge in [0.05, 0.1) is 11.8 Å². The summed E-state index contributed by atoms with van der Waals surface area (Å²) < 4.78 is 0. The molecule has 3 atom stereocenters. The molecule has 0 aromatic rings. The van der Waals surface area contributed by atoms with Gasteiger partial charge >= 0.3 is 5.97 Å². The molecule has 2 N–H and O–H groups in total. The zero-order valence-corrected chi connectivity index (χ0v) is 13.1. The van der Waals surface area contributed by atoms with Crippen molar-refractivity contribution in [3.63, 3.8) is 0 Å². The molecule has 118 valence electrons. The number of nitrogens with one attached hydrogen (secondary N) is 1. The van der Waals surface area contributed by atoms with Gasteiger partial charge in [0, 0.05) is 6.54 Å². The average Bonchev–Trinajstić information content (AvgIpc) is 2.88. The molecule has 0 aromatic heterocycles. The number of carbonyl (C=O) groups is 3. The van der Waals surface area contributed by atoms with E-state index in [-0.39, 0.29) is 29.1 Å². The molecular formula is C15H24N2O4. The first kappa shape index (κ1) is 15.9. The fourth-order valence-corrected chi connectivity index (χ4v) is 3.31. The van der Waals surface area contributed by atoms with Crippen molar-refractivity contribution < 1.29 is 19.5 Å². The predicted molar refractivity (Wildman–Crippen MR) is 76.4 cm³/mol. The fourth-order valence-electron chi connectivity index (χ4n) is 3.31. The van der Waals surface area contributed by atoms with Gasteiger partial charge in [0.2, 0.25) is 11.8 Å². The molecular weight excluding hydrogens is 272 g/mol. The lowest BCUT2D eigenvalue weighted by molar-refractivity contribution is -0.145. The van der Waals surface area contributed by atoms with E-state index >= 15 is 0 Å². The lowest BCUT2D eigenvalue weighted by atomic mass is 9.95. The number of hydrogen-bond acceptors (Lipinski definition) is 4. The normalized spacial score (nSPS) is 29.2. The molecule has 1 aliphatic heterocycles. The number of imide groups is 1. The van der Waals surface area contributed by atoms with Crippen LogP contribution in [0.3, 0.4) is 0 Å². The van der Waals surface area contributed by atoms with Gasteiger partial charge in [-0.15, -0.1) is 0 Å². The number of aliphatic carboxylic acids is 1. The Labute approximate surface area is 124 Å². The predicted octanol–water partition coefficient (Wildman–Crippen LogP) is 0.860. The molecule has 1 saturated carbocycles. The average molecular weight is 296 g/mol. The summed E-state index contributed by atoms with van der Waals surface area (Å²) in [6.07, 6.45) is 1.76. The van der Waals surface area contributed by atoms with E-state index in [2.05, 4.69) is 5.32 Å². The maximum Gasteiger partial charge on any atom is 0.323 e. The van der Waals surface area contributed by atoms with Crippen molar-refractivity contribution in [3.8, 4) is 0 Å². The van der Waals surface area contributed by atoms with Gasteiger partial charge in [0.1, 0.15) is 5.54 Å². The van der Waals surface area contributed by atoms with Gasteiger partial charge in [-0.2, -0.15) is 0 Å². The van der Waals surface area contributed by atoms with Crippen LogP contribution in [0.5, 0.6) is 0 Å². The number of likely N-dealkylation sites (N-methyl/N-ethyl adjacent to an activating group) is 1. The largest absolute Gasteiger partial charge is 0.480 e. The number of unbranched alkanes of at least 4 members (excludes halogenated alkanes) is 1. The molecule has 2 fully saturated rings. The van der Waals surface area contributed by atoms with Crippen molar-refractivity contribution in [2.45, 2.75) is 45.6 Å². The molecule has 0 aromatic carbocycles. The second-order valence-corrected chi connectivity index (χ2v) is 6.95. The number of carboxylic acids is 1. The van der Waals surface area contributed by atoms with Crippen molar-refractivity contribution in [3.05, 3.63) is 0 Å². The minimum atomic E-state index is -0.955. The third-order valence-corrected chi connectivity index (χ3v) is 5.22. The molecule has 6 heteroatoms. The molecule has 21 heavy (non-hydrogen) atoms.